The van der Waals surface area contributed by atoms with Gasteiger partial charge < -0.3 is 15.7 Å². The summed E-state index contributed by atoms with van der Waals surface area (Å²) in [7, 11) is 0. The molecular formula is C12H16BrClN2O2. The third kappa shape index (κ3) is 3.95. The average Bonchev–Trinajstić information content (AvgIpc) is 2.74. The van der Waals surface area contributed by atoms with E-state index in [0.717, 1.165) is 10.0 Å². The monoisotopic (exact) mass is 334 g/mol. The van der Waals surface area contributed by atoms with Gasteiger partial charge in [-0.3, -0.25) is 4.79 Å². The van der Waals surface area contributed by atoms with E-state index in [9.17, 15) is 9.90 Å². The van der Waals surface area contributed by atoms with Gasteiger partial charge in [-0.15, -0.1) is 12.4 Å². The van der Waals surface area contributed by atoms with Crippen LogP contribution in [0, 0.1) is 0 Å². The second kappa shape index (κ2) is 7.09. The van der Waals surface area contributed by atoms with Crippen LogP contribution in [-0.4, -0.2) is 29.7 Å². The van der Waals surface area contributed by atoms with E-state index in [4.69, 9.17) is 0 Å². The molecule has 1 aliphatic rings. The van der Waals surface area contributed by atoms with Crippen LogP contribution in [0.25, 0.3) is 0 Å². The number of benzene rings is 1. The minimum atomic E-state index is -0.408. The maximum Gasteiger partial charge on any atom is 0.237 e. The lowest BCUT2D eigenvalue weighted by Gasteiger charge is -2.11. The first kappa shape index (κ1) is 15.4. The summed E-state index contributed by atoms with van der Waals surface area (Å²) in [6, 6.07) is 7.50. The van der Waals surface area contributed by atoms with Crippen molar-refractivity contribution >= 4 is 34.2 Å². The molecular weight excluding hydrogens is 320 g/mol. The number of carbonyl (C=O) groups is 1. The SMILES string of the molecule is Cl.O=C(NCc1ccccc1Br)C1CC(O)CN1. The molecule has 2 unspecified atom stereocenters. The molecule has 2 rings (SSSR count). The number of β-amino-alcohol motifs (C(OH)–C–C–N with tert-alkyl or cyclic N) is 1. The second-order valence-corrected chi connectivity index (χ2v) is 5.01. The number of amides is 1. The Morgan fingerprint density at radius 3 is 2.83 bits per heavy atom. The highest BCUT2D eigenvalue weighted by molar-refractivity contribution is 9.10. The maximum atomic E-state index is 11.8. The molecule has 1 saturated heterocycles. The molecule has 1 heterocycles. The van der Waals surface area contributed by atoms with Gasteiger partial charge >= 0.3 is 0 Å². The molecule has 1 fully saturated rings. The maximum absolute atomic E-state index is 11.8. The Labute approximate surface area is 121 Å². The molecule has 0 aromatic heterocycles. The highest BCUT2D eigenvalue weighted by Crippen LogP contribution is 2.15. The van der Waals surface area contributed by atoms with Gasteiger partial charge in [-0.05, 0) is 18.1 Å². The molecule has 3 N–H and O–H groups in total. The Kier molecular flexibility index (Phi) is 6.08. The van der Waals surface area contributed by atoms with Gasteiger partial charge in [0.25, 0.3) is 0 Å². The molecule has 0 spiro atoms. The predicted octanol–water partition coefficient (Wildman–Crippen LogP) is 1.21. The quantitative estimate of drug-likeness (QED) is 0.778. The molecule has 6 heteroatoms. The molecule has 18 heavy (non-hydrogen) atoms. The summed E-state index contributed by atoms with van der Waals surface area (Å²) in [5.41, 5.74) is 1.04. The van der Waals surface area contributed by atoms with E-state index < -0.39 is 6.10 Å². The summed E-state index contributed by atoms with van der Waals surface area (Å²) in [5, 5.41) is 15.2. The number of hydrogen-bond acceptors (Lipinski definition) is 3. The van der Waals surface area contributed by atoms with E-state index in [-0.39, 0.29) is 24.4 Å². The highest BCUT2D eigenvalue weighted by Gasteiger charge is 2.27. The summed E-state index contributed by atoms with van der Waals surface area (Å²) in [4.78, 5) is 11.8. The largest absolute Gasteiger partial charge is 0.392 e. The summed E-state index contributed by atoms with van der Waals surface area (Å²) < 4.78 is 0.986. The van der Waals surface area contributed by atoms with E-state index in [1.807, 2.05) is 24.3 Å². The Bertz CT molecular complexity index is 417. The second-order valence-electron chi connectivity index (χ2n) is 4.16. The van der Waals surface area contributed by atoms with E-state index in [1.54, 1.807) is 0 Å². The normalized spacial score (nSPS) is 22.3. The van der Waals surface area contributed by atoms with Crippen LogP contribution in [0.1, 0.15) is 12.0 Å². The minimum Gasteiger partial charge on any atom is -0.392 e. The summed E-state index contributed by atoms with van der Waals surface area (Å²) >= 11 is 3.43. The van der Waals surface area contributed by atoms with Crippen LogP contribution in [0.2, 0.25) is 0 Å². The lowest BCUT2D eigenvalue weighted by Crippen LogP contribution is -2.40. The van der Waals surface area contributed by atoms with E-state index in [1.165, 1.54) is 0 Å². The number of hydrogen-bond donors (Lipinski definition) is 3. The van der Waals surface area contributed by atoms with Crippen molar-refractivity contribution in [1.29, 1.82) is 0 Å². The Hall–Kier alpha value is -0.620. The molecule has 1 aliphatic heterocycles. The van der Waals surface area contributed by atoms with Crippen LogP contribution in [0.15, 0.2) is 28.7 Å². The van der Waals surface area contributed by atoms with Crippen molar-refractivity contribution in [3.05, 3.63) is 34.3 Å². The summed E-state index contributed by atoms with van der Waals surface area (Å²) in [6.07, 6.45) is 0.0798. The number of aliphatic hydroxyl groups is 1. The fourth-order valence-electron chi connectivity index (χ4n) is 1.86. The van der Waals surface area contributed by atoms with Gasteiger partial charge in [0.05, 0.1) is 12.1 Å². The molecule has 0 radical (unpaired) electrons. The van der Waals surface area contributed by atoms with Crippen molar-refractivity contribution in [1.82, 2.24) is 10.6 Å². The first-order valence-electron chi connectivity index (χ1n) is 5.59. The van der Waals surface area contributed by atoms with Gasteiger partial charge in [-0.1, -0.05) is 34.1 Å². The van der Waals surface area contributed by atoms with Gasteiger partial charge in [-0.2, -0.15) is 0 Å². The number of aliphatic hydroxyl groups excluding tert-OH is 1. The fraction of sp³-hybridized carbons (Fsp3) is 0.417. The predicted molar refractivity (Wildman–Crippen MR) is 75.7 cm³/mol. The van der Waals surface area contributed by atoms with Crippen LogP contribution in [0.5, 0.6) is 0 Å². The van der Waals surface area contributed by atoms with Crippen LogP contribution >= 0.6 is 28.3 Å². The molecule has 1 amide bonds. The molecule has 0 aliphatic carbocycles. The Morgan fingerprint density at radius 2 is 2.22 bits per heavy atom. The lowest BCUT2D eigenvalue weighted by molar-refractivity contribution is -0.123. The molecule has 1 aromatic carbocycles. The van der Waals surface area contributed by atoms with E-state index in [2.05, 4.69) is 26.6 Å². The zero-order chi connectivity index (χ0) is 12.3. The highest BCUT2D eigenvalue weighted by atomic mass is 79.9. The Morgan fingerprint density at radius 1 is 1.50 bits per heavy atom. The first-order valence-corrected chi connectivity index (χ1v) is 6.38. The van der Waals surface area contributed by atoms with Crippen molar-refractivity contribution in [3.8, 4) is 0 Å². The van der Waals surface area contributed by atoms with E-state index >= 15 is 0 Å². The minimum absolute atomic E-state index is 0. The van der Waals surface area contributed by atoms with Crippen molar-refractivity contribution < 1.29 is 9.90 Å². The number of carbonyl (C=O) groups excluding carboxylic acids is 1. The van der Waals surface area contributed by atoms with Crippen LogP contribution in [-0.2, 0) is 11.3 Å². The number of nitrogens with one attached hydrogen (secondary N) is 2. The number of halogens is 2. The molecule has 0 saturated carbocycles. The van der Waals surface area contributed by atoms with Gasteiger partial charge in [0.15, 0.2) is 0 Å². The topological polar surface area (TPSA) is 61.4 Å². The zero-order valence-corrected chi connectivity index (χ0v) is 12.1. The fourth-order valence-corrected chi connectivity index (χ4v) is 2.29. The third-order valence-corrected chi connectivity index (χ3v) is 3.61. The Balaban J connectivity index is 0.00000162. The van der Waals surface area contributed by atoms with Crippen molar-refractivity contribution in [2.24, 2.45) is 0 Å². The van der Waals surface area contributed by atoms with Crippen LogP contribution in [0.3, 0.4) is 0 Å². The lowest BCUT2D eigenvalue weighted by atomic mass is 10.2. The van der Waals surface area contributed by atoms with Crippen molar-refractivity contribution in [3.63, 3.8) is 0 Å². The van der Waals surface area contributed by atoms with Crippen molar-refractivity contribution in [2.45, 2.75) is 25.1 Å². The van der Waals surface area contributed by atoms with Gasteiger partial charge in [-0.25, -0.2) is 0 Å². The molecule has 1 aromatic rings. The summed E-state index contributed by atoms with van der Waals surface area (Å²) in [5.74, 6) is -0.0581. The van der Waals surface area contributed by atoms with Gasteiger partial charge in [0.2, 0.25) is 5.91 Å². The van der Waals surface area contributed by atoms with Crippen molar-refractivity contribution in [2.75, 3.05) is 6.54 Å². The van der Waals surface area contributed by atoms with E-state index in [0.29, 0.717) is 19.5 Å². The van der Waals surface area contributed by atoms with Gasteiger partial charge in [0.1, 0.15) is 0 Å². The first-order chi connectivity index (χ1) is 8.16. The third-order valence-electron chi connectivity index (χ3n) is 2.84. The average molecular weight is 336 g/mol. The molecule has 2 atom stereocenters. The zero-order valence-electron chi connectivity index (χ0n) is 9.73. The van der Waals surface area contributed by atoms with Crippen LogP contribution in [0.4, 0.5) is 0 Å². The van der Waals surface area contributed by atoms with Crippen LogP contribution < -0.4 is 10.6 Å². The number of rotatable bonds is 3. The molecule has 100 valence electrons. The van der Waals surface area contributed by atoms with Gasteiger partial charge in [0, 0.05) is 17.6 Å². The smallest absolute Gasteiger partial charge is 0.237 e. The summed E-state index contributed by atoms with van der Waals surface area (Å²) in [6.45, 7) is 0.988. The molecule has 4 nitrogen and oxygen atoms in total. The standard InChI is InChI=1S/C12H15BrN2O2.ClH/c13-10-4-2-1-3-8(10)6-15-12(17)11-5-9(16)7-14-11;/h1-4,9,11,14,16H,5-7H2,(H,15,17);1H. The molecule has 0 bridgehead atoms.